The molecule has 0 bridgehead atoms. The van der Waals surface area contributed by atoms with Crippen molar-refractivity contribution in [2.24, 2.45) is 5.73 Å². The van der Waals surface area contributed by atoms with E-state index in [1.54, 1.807) is 6.07 Å². The maximum absolute atomic E-state index is 11.3. The van der Waals surface area contributed by atoms with Crippen LogP contribution >= 0.6 is 0 Å². The number of amides is 3. The Morgan fingerprint density at radius 1 is 1.37 bits per heavy atom. The predicted octanol–water partition coefficient (Wildman–Crippen LogP) is 0.931. The van der Waals surface area contributed by atoms with Gasteiger partial charge in [0.2, 0.25) is 0 Å². The van der Waals surface area contributed by atoms with Gasteiger partial charge in [-0.2, -0.15) is 0 Å². The van der Waals surface area contributed by atoms with Crippen molar-refractivity contribution in [2.75, 3.05) is 13.7 Å². The van der Waals surface area contributed by atoms with Crippen LogP contribution in [0.15, 0.2) is 24.3 Å². The average molecular weight is 265 g/mol. The summed E-state index contributed by atoms with van der Waals surface area (Å²) in [5.41, 5.74) is 5.82. The lowest BCUT2D eigenvalue weighted by atomic mass is 10.0. The number of benzene rings is 1. The van der Waals surface area contributed by atoms with Gasteiger partial charge >= 0.3 is 6.03 Å². The summed E-state index contributed by atoms with van der Waals surface area (Å²) in [6, 6.07) is 6.72. The molecule has 1 atom stereocenters. The lowest BCUT2D eigenvalue weighted by Crippen LogP contribution is -2.38. The normalized spacial score (nSPS) is 11.7. The van der Waals surface area contributed by atoms with Crippen LogP contribution in [-0.2, 0) is 4.79 Å². The van der Waals surface area contributed by atoms with E-state index in [0.717, 1.165) is 12.0 Å². The Bertz CT molecular complexity index is 445. The van der Waals surface area contributed by atoms with Crippen LogP contribution in [0, 0.1) is 0 Å². The van der Waals surface area contributed by atoms with Gasteiger partial charge in [0.1, 0.15) is 5.75 Å². The second-order valence-electron chi connectivity index (χ2n) is 3.99. The Labute approximate surface area is 112 Å². The molecular formula is C13H19N3O3. The molecular weight excluding hydrogens is 246 g/mol. The van der Waals surface area contributed by atoms with E-state index in [-0.39, 0.29) is 12.6 Å². The minimum absolute atomic E-state index is 0.149. The van der Waals surface area contributed by atoms with Gasteiger partial charge in [0.25, 0.3) is 5.91 Å². The second-order valence-corrected chi connectivity index (χ2v) is 3.99. The minimum atomic E-state index is -0.886. The zero-order chi connectivity index (χ0) is 14.3. The molecule has 104 valence electrons. The number of para-hydroxylation sites is 1. The molecule has 0 saturated heterocycles. The summed E-state index contributed by atoms with van der Waals surface area (Å²) in [4.78, 5) is 21.8. The summed E-state index contributed by atoms with van der Waals surface area (Å²) < 4.78 is 5.42. The number of hydrogen-bond donors (Lipinski definition) is 3. The molecule has 0 radical (unpaired) electrons. The van der Waals surface area contributed by atoms with E-state index in [2.05, 4.69) is 12.2 Å². The highest BCUT2D eigenvalue weighted by atomic mass is 16.5. The topological polar surface area (TPSA) is 93.4 Å². The van der Waals surface area contributed by atoms with E-state index >= 15 is 0 Å². The molecule has 4 N–H and O–H groups in total. The van der Waals surface area contributed by atoms with Gasteiger partial charge in [0.15, 0.2) is 6.61 Å². The van der Waals surface area contributed by atoms with Gasteiger partial charge in [-0.05, 0) is 19.5 Å². The van der Waals surface area contributed by atoms with Crippen molar-refractivity contribution >= 4 is 11.9 Å². The van der Waals surface area contributed by atoms with E-state index in [4.69, 9.17) is 10.5 Å². The number of imide groups is 1. The Morgan fingerprint density at radius 3 is 2.63 bits per heavy atom. The zero-order valence-corrected chi connectivity index (χ0v) is 11.1. The third-order valence-corrected chi connectivity index (χ3v) is 2.67. The third kappa shape index (κ3) is 4.59. The quantitative estimate of drug-likeness (QED) is 0.713. The van der Waals surface area contributed by atoms with Gasteiger partial charge in [-0.25, -0.2) is 4.79 Å². The molecule has 1 rings (SSSR count). The van der Waals surface area contributed by atoms with Gasteiger partial charge in [0, 0.05) is 11.6 Å². The van der Waals surface area contributed by atoms with Crippen LogP contribution in [0.2, 0.25) is 0 Å². The summed E-state index contributed by atoms with van der Waals surface area (Å²) in [6.07, 6.45) is 0.893. The molecule has 0 heterocycles. The van der Waals surface area contributed by atoms with Crippen LogP contribution in [0.25, 0.3) is 0 Å². The Hall–Kier alpha value is -2.08. The fourth-order valence-electron chi connectivity index (χ4n) is 1.80. The minimum Gasteiger partial charge on any atom is -0.483 e. The van der Waals surface area contributed by atoms with Crippen molar-refractivity contribution in [1.82, 2.24) is 10.6 Å². The van der Waals surface area contributed by atoms with Crippen LogP contribution in [0.3, 0.4) is 0 Å². The summed E-state index contributed by atoms with van der Waals surface area (Å²) in [7, 11) is 1.87. The molecule has 6 heteroatoms. The average Bonchev–Trinajstić information content (AvgIpc) is 2.38. The summed E-state index contributed by atoms with van der Waals surface area (Å²) in [6.45, 7) is 1.80. The van der Waals surface area contributed by atoms with E-state index < -0.39 is 11.9 Å². The van der Waals surface area contributed by atoms with E-state index in [0.29, 0.717) is 5.75 Å². The van der Waals surface area contributed by atoms with Crippen molar-refractivity contribution in [3.63, 3.8) is 0 Å². The lowest BCUT2D eigenvalue weighted by molar-refractivity contribution is -0.121. The van der Waals surface area contributed by atoms with Crippen molar-refractivity contribution < 1.29 is 14.3 Å². The number of rotatable bonds is 6. The largest absolute Gasteiger partial charge is 0.483 e. The summed E-state index contributed by atoms with van der Waals surface area (Å²) in [5.74, 6) is 0.0446. The molecule has 0 aromatic heterocycles. The molecule has 0 aliphatic rings. The number of nitrogens with two attached hydrogens (primary N) is 1. The first kappa shape index (κ1) is 15.0. The first-order chi connectivity index (χ1) is 9.08. The smallest absolute Gasteiger partial charge is 0.318 e. The van der Waals surface area contributed by atoms with E-state index in [1.807, 2.05) is 30.6 Å². The molecule has 1 aromatic carbocycles. The highest BCUT2D eigenvalue weighted by molar-refractivity contribution is 5.94. The highest BCUT2D eigenvalue weighted by Crippen LogP contribution is 2.26. The number of carbonyl (C=O) groups is 2. The first-order valence-corrected chi connectivity index (χ1v) is 6.06. The summed E-state index contributed by atoms with van der Waals surface area (Å²) in [5, 5.41) is 5.12. The number of ether oxygens (including phenoxy) is 1. The fourth-order valence-corrected chi connectivity index (χ4v) is 1.80. The number of hydrogen-bond acceptors (Lipinski definition) is 4. The SMILES string of the molecule is CCC(NC)c1ccccc1OCC(=O)NC(N)=O. The van der Waals surface area contributed by atoms with Crippen LogP contribution in [-0.4, -0.2) is 25.6 Å². The van der Waals surface area contributed by atoms with Crippen LogP contribution in [0.4, 0.5) is 4.79 Å². The van der Waals surface area contributed by atoms with Crippen molar-refractivity contribution in [3.05, 3.63) is 29.8 Å². The molecule has 0 fully saturated rings. The molecule has 0 aliphatic heterocycles. The number of carbonyl (C=O) groups excluding carboxylic acids is 2. The Kier molecular flexibility index (Phi) is 5.81. The van der Waals surface area contributed by atoms with Crippen LogP contribution in [0.5, 0.6) is 5.75 Å². The van der Waals surface area contributed by atoms with Crippen LogP contribution < -0.4 is 21.1 Å². The number of primary amides is 1. The standard InChI is InChI=1S/C13H19N3O3/c1-3-10(15-2)9-6-4-5-7-11(9)19-8-12(17)16-13(14)18/h4-7,10,15H,3,8H2,1-2H3,(H3,14,16,17,18). The number of urea groups is 1. The molecule has 0 aliphatic carbocycles. The fraction of sp³-hybridized carbons (Fsp3) is 0.385. The third-order valence-electron chi connectivity index (χ3n) is 2.67. The predicted molar refractivity (Wildman–Crippen MR) is 71.8 cm³/mol. The molecule has 1 aromatic rings. The van der Waals surface area contributed by atoms with Gasteiger partial charge in [-0.15, -0.1) is 0 Å². The first-order valence-electron chi connectivity index (χ1n) is 6.06. The molecule has 3 amide bonds. The zero-order valence-electron chi connectivity index (χ0n) is 11.1. The molecule has 6 nitrogen and oxygen atoms in total. The molecule has 0 spiro atoms. The van der Waals surface area contributed by atoms with Gasteiger partial charge in [0.05, 0.1) is 0 Å². The monoisotopic (exact) mass is 265 g/mol. The van der Waals surface area contributed by atoms with Crippen molar-refractivity contribution in [2.45, 2.75) is 19.4 Å². The van der Waals surface area contributed by atoms with Gasteiger partial charge in [-0.1, -0.05) is 25.1 Å². The van der Waals surface area contributed by atoms with Crippen LogP contribution in [0.1, 0.15) is 24.9 Å². The van der Waals surface area contributed by atoms with Crippen molar-refractivity contribution in [3.8, 4) is 5.75 Å². The highest BCUT2D eigenvalue weighted by Gasteiger charge is 2.13. The van der Waals surface area contributed by atoms with E-state index in [9.17, 15) is 9.59 Å². The molecule has 19 heavy (non-hydrogen) atoms. The number of nitrogens with one attached hydrogen (secondary N) is 2. The van der Waals surface area contributed by atoms with Gasteiger partial charge < -0.3 is 15.8 Å². The maximum atomic E-state index is 11.3. The lowest BCUT2D eigenvalue weighted by Gasteiger charge is -2.18. The second kappa shape index (κ2) is 7.38. The van der Waals surface area contributed by atoms with E-state index in [1.165, 1.54) is 0 Å². The summed E-state index contributed by atoms with van der Waals surface area (Å²) >= 11 is 0. The molecule has 0 saturated carbocycles. The van der Waals surface area contributed by atoms with Crippen molar-refractivity contribution in [1.29, 1.82) is 0 Å². The van der Waals surface area contributed by atoms with Gasteiger partial charge in [-0.3, -0.25) is 10.1 Å². The Balaban J connectivity index is 2.73. The maximum Gasteiger partial charge on any atom is 0.318 e. The molecule has 1 unspecified atom stereocenters. The Morgan fingerprint density at radius 2 is 2.05 bits per heavy atom.